The number of carbonyl (C=O) groups is 2. The monoisotopic (exact) mass is 395 g/mol. The Bertz CT molecular complexity index is 894. The van der Waals surface area contributed by atoms with E-state index in [2.05, 4.69) is 5.32 Å². The van der Waals surface area contributed by atoms with Gasteiger partial charge in [-0.3, -0.25) is 19.7 Å². The van der Waals surface area contributed by atoms with Gasteiger partial charge in [-0.25, -0.2) is 8.42 Å². The Morgan fingerprint density at radius 1 is 1.22 bits per heavy atom. The molecule has 0 radical (unpaired) electrons. The lowest BCUT2D eigenvalue weighted by atomic mass is 9.96. The van der Waals surface area contributed by atoms with Crippen LogP contribution in [0.25, 0.3) is 0 Å². The molecule has 2 fully saturated rings. The zero-order valence-corrected chi connectivity index (χ0v) is 15.7. The maximum atomic E-state index is 12.8. The van der Waals surface area contributed by atoms with Crippen molar-refractivity contribution in [3.8, 4) is 0 Å². The van der Waals surface area contributed by atoms with Crippen LogP contribution in [0.1, 0.15) is 36.0 Å². The summed E-state index contributed by atoms with van der Waals surface area (Å²) in [5.74, 6) is -0.908. The van der Waals surface area contributed by atoms with Crippen molar-refractivity contribution in [2.24, 2.45) is 5.92 Å². The number of rotatable bonds is 5. The van der Waals surface area contributed by atoms with Gasteiger partial charge in [0.25, 0.3) is 11.6 Å². The largest absolute Gasteiger partial charge is 0.353 e. The van der Waals surface area contributed by atoms with Gasteiger partial charge in [0.2, 0.25) is 5.91 Å². The quantitative estimate of drug-likeness (QED) is 0.588. The minimum atomic E-state index is -3.72. The third-order valence-electron chi connectivity index (χ3n) is 4.78. The number of likely N-dealkylation sites (tertiary alicyclic amines) is 1. The Labute approximate surface area is 156 Å². The van der Waals surface area contributed by atoms with Crippen LogP contribution in [0.5, 0.6) is 0 Å². The molecule has 1 aliphatic heterocycles. The van der Waals surface area contributed by atoms with Crippen molar-refractivity contribution in [2.45, 2.75) is 36.6 Å². The van der Waals surface area contributed by atoms with Gasteiger partial charge in [-0.15, -0.1) is 0 Å². The summed E-state index contributed by atoms with van der Waals surface area (Å²) in [6.07, 6.45) is 4.19. The van der Waals surface area contributed by atoms with Crippen molar-refractivity contribution >= 4 is 27.3 Å². The predicted molar refractivity (Wildman–Crippen MR) is 96.0 cm³/mol. The van der Waals surface area contributed by atoms with Crippen molar-refractivity contribution < 1.29 is 22.9 Å². The van der Waals surface area contributed by atoms with Crippen LogP contribution < -0.4 is 5.32 Å². The predicted octanol–water partition coefficient (Wildman–Crippen LogP) is 1.13. The molecule has 146 valence electrons. The smallest absolute Gasteiger partial charge is 0.271 e. The first-order chi connectivity index (χ1) is 12.6. The summed E-state index contributed by atoms with van der Waals surface area (Å²) < 4.78 is 23.6. The number of piperidine rings is 1. The number of nitro groups is 1. The summed E-state index contributed by atoms with van der Waals surface area (Å²) in [7, 11) is -3.72. The highest BCUT2D eigenvalue weighted by Gasteiger charge is 2.32. The lowest BCUT2D eigenvalue weighted by molar-refractivity contribution is -0.385. The second-order valence-electron chi connectivity index (χ2n) is 7.12. The Morgan fingerprint density at radius 2 is 1.93 bits per heavy atom. The molecule has 1 aliphatic carbocycles. The van der Waals surface area contributed by atoms with Gasteiger partial charge in [0, 0.05) is 43.1 Å². The molecule has 27 heavy (non-hydrogen) atoms. The number of nitrogens with one attached hydrogen (secondary N) is 1. The van der Waals surface area contributed by atoms with E-state index >= 15 is 0 Å². The van der Waals surface area contributed by atoms with E-state index in [0.717, 1.165) is 37.3 Å². The lowest BCUT2D eigenvalue weighted by Gasteiger charge is -2.32. The molecular weight excluding hydrogens is 374 g/mol. The Hall–Kier alpha value is -2.49. The standard InChI is InChI=1S/C17H21N3O6S/c1-27(25,26)15-8-12(7-14(9-15)20(23)24)17(22)19-6-2-3-11(10-19)16(21)18-13-4-5-13/h7-9,11,13H,2-6,10H2,1H3,(H,18,21). The van der Waals surface area contributed by atoms with Gasteiger partial charge >= 0.3 is 0 Å². The number of hydrogen-bond acceptors (Lipinski definition) is 6. The van der Waals surface area contributed by atoms with E-state index in [4.69, 9.17) is 0 Å². The zero-order chi connectivity index (χ0) is 19.8. The van der Waals surface area contributed by atoms with Crippen molar-refractivity contribution in [3.63, 3.8) is 0 Å². The van der Waals surface area contributed by atoms with E-state index < -0.39 is 26.4 Å². The van der Waals surface area contributed by atoms with Gasteiger partial charge in [0.1, 0.15) is 0 Å². The number of hydrogen-bond donors (Lipinski definition) is 1. The average Bonchev–Trinajstić information content (AvgIpc) is 3.44. The van der Waals surface area contributed by atoms with E-state index in [1.807, 2.05) is 0 Å². The normalized spacial score (nSPS) is 20.2. The summed E-state index contributed by atoms with van der Waals surface area (Å²) in [5, 5.41) is 14.0. The molecule has 0 bridgehead atoms. The summed E-state index contributed by atoms with van der Waals surface area (Å²) in [4.78, 5) is 36.7. The molecule has 2 aliphatic rings. The summed E-state index contributed by atoms with van der Waals surface area (Å²) in [6.45, 7) is 0.636. The summed E-state index contributed by atoms with van der Waals surface area (Å²) >= 11 is 0. The first-order valence-electron chi connectivity index (χ1n) is 8.74. The van der Waals surface area contributed by atoms with Crippen LogP contribution >= 0.6 is 0 Å². The molecule has 0 spiro atoms. The number of carbonyl (C=O) groups excluding carboxylic acids is 2. The number of benzene rings is 1. The van der Waals surface area contributed by atoms with Crippen LogP contribution in [0.4, 0.5) is 5.69 Å². The van der Waals surface area contributed by atoms with Crippen LogP contribution in [0.2, 0.25) is 0 Å². The molecule has 10 heteroatoms. The molecular formula is C17H21N3O6S. The minimum Gasteiger partial charge on any atom is -0.353 e. The minimum absolute atomic E-state index is 0.0622. The third-order valence-corrected chi connectivity index (χ3v) is 5.87. The van der Waals surface area contributed by atoms with E-state index in [1.54, 1.807) is 0 Å². The number of non-ortho nitro benzene ring substituents is 1. The molecule has 1 aromatic carbocycles. The molecule has 1 saturated carbocycles. The molecule has 0 aromatic heterocycles. The first kappa shape index (κ1) is 19.3. The summed E-state index contributed by atoms with van der Waals surface area (Å²) in [5.41, 5.74) is -0.519. The number of nitrogens with zero attached hydrogens (tertiary/aromatic N) is 2. The van der Waals surface area contributed by atoms with Crippen LogP contribution in [0.3, 0.4) is 0 Å². The molecule has 3 rings (SSSR count). The lowest BCUT2D eigenvalue weighted by Crippen LogP contribution is -2.45. The molecule has 9 nitrogen and oxygen atoms in total. The molecule has 1 saturated heterocycles. The second kappa shape index (κ2) is 7.26. The number of amides is 2. The van der Waals surface area contributed by atoms with E-state index in [-0.39, 0.29) is 34.9 Å². The fourth-order valence-corrected chi connectivity index (χ4v) is 3.81. The fourth-order valence-electron chi connectivity index (χ4n) is 3.13. The van der Waals surface area contributed by atoms with Crippen molar-refractivity contribution in [2.75, 3.05) is 19.3 Å². The van der Waals surface area contributed by atoms with Crippen LogP contribution in [-0.4, -0.2) is 55.4 Å². The van der Waals surface area contributed by atoms with Crippen LogP contribution in [-0.2, 0) is 14.6 Å². The fraction of sp³-hybridized carbons (Fsp3) is 0.529. The highest BCUT2D eigenvalue weighted by atomic mass is 32.2. The number of sulfone groups is 1. The van der Waals surface area contributed by atoms with Gasteiger partial charge in [-0.1, -0.05) is 0 Å². The van der Waals surface area contributed by atoms with Gasteiger partial charge in [0.15, 0.2) is 9.84 Å². The Morgan fingerprint density at radius 3 is 2.52 bits per heavy atom. The Kier molecular flexibility index (Phi) is 5.18. The second-order valence-corrected chi connectivity index (χ2v) is 9.13. The van der Waals surface area contributed by atoms with E-state index in [1.165, 1.54) is 4.90 Å². The molecule has 1 heterocycles. The highest BCUT2D eigenvalue weighted by molar-refractivity contribution is 7.90. The Balaban J connectivity index is 1.82. The van der Waals surface area contributed by atoms with Crippen molar-refractivity contribution in [1.82, 2.24) is 10.2 Å². The van der Waals surface area contributed by atoms with Crippen molar-refractivity contribution in [1.29, 1.82) is 0 Å². The van der Waals surface area contributed by atoms with Gasteiger partial charge in [0.05, 0.1) is 15.7 Å². The highest BCUT2D eigenvalue weighted by Crippen LogP contribution is 2.25. The maximum Gasteiger partial charge on any atom is 0.271 e. The molecule has 1 atom stereocenters. The van der Waals surface area contributed by atoms with Crippen LogP contribution in [0.15, 0.2) is 23.1 Å². The molecule has 2 amide bonds. The third kappa shape index (κ3) is 4.62. The number of nitro benzene ring substituents is 1. The average molecular weight is 395 g/mol. The van der Waals surface area contributed by atoms with Crippen molar-refractivity contribution in [3.05, 3.63) is 33.9 Å². The van der Waals surface area contributed by atoms with Gasteiger partial charge in [-0.2, -0.15) is 0 Å². The zero-order valence-electron chi connectivity index (χ0n) is 14.9. The topological polar surface area (TPSA) is 127 Å². The molecule has 1 N–H and O–H groups in total. The van der Waals surface area contributed by atoms with Gasteiger partial charge < -0.3 is 10.2 Å². The van der Waals surface area contributed by atoms with E-state index in [9.17, 15) is 28.1 Å². The SMILES string of the molecule is CS(=O)(=O)c1cc(C(=O)N2CCCC(C(=O)NC3CC3)C2)cc([N+](=O)[O-])c1. The van der Waals surface area contributed by atoms with Gasteiger partial charge in [-0.05, 0) is 31.7 Å². The summed E-state index contributed by atoms with van der Waals surface area (Å²) in [6, 6.07) is 3.40. The van der Waals surface area contributed by atoms with Crippen LogP contribution in [0, 0.1) is 16.0 Å². The molecule has 1 aromatic rings. The molecule has 1 unspecified atom stereocenters. The first-order valence-corrected chi connectivity index (χ1v) is 10.6. The van der Waals surface area contributed by atoms with E-state index in [0.29, 0.717) is 19.4 Å². The maximum absolute atomic E-state index is 12.8.